The summed E-state index contributed by atoms with van der Waals surface area (Å²) in [6.45, 7) is 1.40. The van der Waals surface area contributed by atoms with Gasteiger partial charge in [0.1, 0.15) is 0 Å². The summed E-state index contributed by atoms with van der Waals surface area (Å²) < 4.78 is 5.67. The Kier molecular flexibility index (Phi) is 2.67. The lowest BCUT2D eigenvalue weighted by molar-refractivity contribution is 0.0970. The summed E-state index contributed by atoms with van der Waals surface area (Å²) >= 11 is 0. The Bertz CT molecular complexity index is 750. The van der Waals surface area contributed by atoms with Gasteiger partial charge in [0.2, 0.25) is 0 Å². The molecule has 2 N–H and O–H groups in total. The summed E-state index contributed by atoms with van der Waals surface area (Å²) in [5.41, 5.74) is 4.73. The second-order valence-electron chi connectivity index (χ2n) is 5.08. The van der Waals surface area contributed by atoms with E-state index in [0.29, 0.717) is 13.2 Å². The molecule has 0 amide bonds. The lowest BCUT2D eigenvalue weighted by Crippen LogP contribution is -2.23. The van der Waals surface area contributed by atoms with Crippen molar-refractivity contribution in [3.05, 3.63) is 59.8 Å². The van der Waals surface area contributed by atoms with Crippen LogP contribution in [0.5, 0.6) is 0 Å². The van der Waals surface area contributed by atoms with E-state index >= 15 is 0 Å². The topological polar surface area (TPSA) is 49.9 Å². The summed E-state index contributed by atoms with van der Waals surface area (Å²) in [7, 11) is 0. The minimum atomic E-state index is 0.198. The summed E-state index contributed by atoms with van der Waals surface area (Å²) in [4.78, 5) is 0. The first-order valence-electron chi connectivity index (χ1n) is 6.75. The Morgan fingerprint density at radius 3 is 3.15 bits per heavy atom. The molecule has 3 aromatic rings. The summed E-state index contributed by atoms with van der Waals surface area (Å²) in [5, 5.41) is 11.7. The molecule has 0 spiro atoms. The minimum absolute atomic E-state index is 0.198. The normalized spacial score (nSPS) is 17.9. The van der Waals surface area contributed by atoms with Crippen LogP contribution < -0.4 is 5.32 Å². The molecule has 0 fully saturated rings. The van der Waals surface area contributed by atoms with Crippen molar-refractivity contribution in [3.8, 4) is 0 Å². The first-order chi connectivity index (χ1) is 9.90. The lowest BCUT2D eigenvalue weighted by Gasteiger charge is -2.27. The van der Waals surface area contributed by atoms with Crippen molar-refractivity contribution < 1.29 is 4.74 Å². The van der Waals surface area contributed by atoms with Gasteiger partial charge in [0.15, 0.2) is 0 Å². The number of fused-ring (bicyclic) bond motifs is 2. The van der Waals surface area contributed by atoms with Crippen LogP contribution in [0.25, 0.3) is 10.9 Å². The van der Waals surface area contributed by atoms with Gasteiger partial charge >= 0.3 is 0 Å². The second kappa shape index (κ2) is 4.65. The lowest BCUT2D eigenvalue weighted by atomic mass is 9.99. The fourth-order valence-electron chi connectivity index (χ4n) is 2.74. The van der Waals surface area contributed by atoms with Gasteiger partial charge < -0.3 is 10.1 Å². The van der Waals surface area contributed by atoms with Gasteiger partial charge in [0, 0.05) is 11.1 Å². The number of nitrogens with one attached hydrogen (secondary N) is 2. The number of aromatic nitrogens is 2. The Labute approximate surface area is 116 Å². The molecule has 4 rings (SSSR count). The van der Waals surface area contributed by atoms with Crippen LogP contribution in [-0.2, 0) is 11.3 Å². The van der Waals surface area contributed by atoms with E-state index < -0.39 is 0 Å². The fraction of sp³-hybridized carbons (Fsp3) is 0.188. The maximum atomic E-state index is 5.67. The van der Waals surface area contributed by atoms with Gasteiger partial charge in [0.05, 0.1) is 31.0 Å². The third-order valence-electron chi connectivity index (χ3n) is 3.75. The smallest absolute Gasteiger partial charge is 0.0751 e. The van der Waals surface area contributed by atoms with Crippen molar-refractivity contribution in [1.82, 2.24) is 10.2 Å². The molecule has 0 saturated heterocycles. The Morgan fingerprint density at radius 1 is 1.20 bits per heavy atom. The van der Waals surface area contributed by atoms with Gasteiger partial charge in [-0.25, -0.2) is 0 Å². The standard InChI is InChI=1S/C16H15N3O/c1-2-4-14-11(3-1)9-20-10-16(14)18-13-5-6-15-12(7-13)8-17-19-15/h1-8,16,18H,9-10H2,(H,17,19). The third kappa shape index (κ3) is 1.94. The average Bonchev–Trinajstić information content (AvgIpc) is 2.95. The fourth-order valence-corrected chi connectivity index (χ4v) is 2.74. The Morgan fingerprint density at radius 2 is 2.15 bits per heavy atom. The third-order valence-corrected chi connectivity index (χ3v) is 3.75. The molecule has 1 aromatic heterocycles. The molecule has 1 aliphatic heterocycles. The van der Waals surface area contributed by atoms with Crippen LogP contribution in [0.3, 0.4) is 0 Å². The van der Waals surface area contributed by atoms with Crippen LogP contribution in [0.15, 0.2) is 48.7 Å². The molecule has 0 aliphatic carbocycles. The van der Waals surface area contributed by atoms with Gasteiger partial charge in [-0.05, 0) is 29.3 Å². The number of ether oxygens (including phenoxy) is 1. The Hall–Kier alpha value is -2.33. The number of aromatic amines is 1. The van der Waals surface area contributed by atoms with Crippen molar-refractivity contribution in [1.29, 1.82) is 0 Å². The molecule has 1 unspecified atom stereocenters. The molecular formula is C16H15N3O. The molecule has 0 radical (unpaired) electrons. The number of H-pyrrole nitrogens is 1. The highest BCUT2D eigenvalue weighted by atomic mass is 16.5. The van der Waals surface area contributed by atoms with E-state index in [4.69, 9.17) is 4.74 Å². The first-order valence-corrected chi connectivity index (χ1v) is 6.75. The molecular weight excluding hydrogens is 250 g/mol. The second-order valence-corrected chi connectivity index (χ2v) is 5.08. The largest absolute Gasteiger partial charge is 0.376 e. The molecule has 1 atom stereocenters. The van der Waals surface area contributed by atoms with Gasteiger partial charge in [-0.3, -0.25) is 5.10 Å². The van der Waals surface area contributed by atoms with Crippen molar-refractivity contribution in [2.75, 3.05) is 11.9 Å². The van der Waals surface area contributed by atoms with Gasteiger partial charge in [-0.15, -0.1) is 0 Å². The average molecular weight is 265 g/mol. The van der Waals surface area contributed by atoms with Crippen molar-refractivity contribution in [2.24, 2.45) is 0 Å². The van der Waals surface area contributed by atoms with Gasteiger partial charge in [0.25, 0.3) is 0 Å². The molecule has 2 heterocycles. The van der Waals surface area contributed by atoms with Crippen LogP contribution in [0.2, 0.25) is 0 Å². The molecule has 4 heteroatoms. The maximum absolute atomic E-state index is 5.67. The van der Waals surface area contributed by atoms with Crippen LogP contribution in [0, 0.1) is 0 Å². The van der Waals surface area contributed by atoms with Crippen LogP contribution in [-0.4, -0.2) is 16.8 Å². The maximum Gasteiger partial charge on any atom is 0.0751 e. The number of hydrogen-bond donors (Lipinski definition) is 2. The van der Waals surface area contributed by atoms with Crippen LogP contribution >= 0.6 is 0 Å². The van der Waals surface area contributed by atoms with Crippen molar-refractivity contribution in [2.45, 2.75) is 12.6 Å². The Balaban J connectivity index is 1.66. The van der Waals surface area contributed by atoms with E-state index in [1.165, 1.54) is 11.1 Å². The van der Waals surface area contributed by atoms with Gasteiger partial charge in [-0.1, -0.05) is 24.3 Å². The predicted molar refractivity (Wildman–Crippen MR) is 78.6 cm³/mol. The highest BCUT2D eigenvalue weighted by molar-refractivity contribution is 5.81. The zero-order valence-corrected chi connectivity index (χ0v) is 11.0. The van der Waals surface area contributed by atoms with Crippen LogP contribution in [0.1, 0.15) is 17.2 Å². The van der Waals surface area contributed by atoms with E-state index in [0.717, 1.165) is 16.6 Å². The van der Waals surface area contributed by atoms with Crippen molar-refractivity contribution >= 4 is 16.6 Å². The van der Waals surface area contributed by atoms with Crippen molar-refractivity contribution in [3.63, 3.8) is 0 Å². The predicted octanol–water partition coefficient (Wildman–Crippen LogP) is 3.25. The minimum Gasteiger partial charge on any atom is -0.376 e. The zero-order valence-electron chi connectivity index (χ0n) is 11.0. The van der Waals surface area contributed by atoms with Gasteiger partial charge in [-0.2, -0.15) is 5.10 Å². The summed E-state index contributed by atoms with van der Waals surface area (Å²) in [6, 6.07) is 14.9. The molecule has 20 heavy (non-hydrogen) atoms. The van der Waals surface area contributed by atoms with E-state index in [1.807, 2.05) is 12.3 Å². The molecule has 0 bridgehead atoms. The molecule has 0 saturated carbocycles. The SMILES string of the molecule is c1ccc2c(c1)COCC2Nc1ccc2[nH]ncc2c1. The number of hydrogen-bond acceptors (Lipinski definition) is 3. The number of benzene rings is 2. The highest BCUT2D eigenvalue weighted by Gasteiger charge is 2.20. The molecule has 4 nitrogen and oxygen atoms in total. The zero-order chi connectivity index (χ0) is 13.4. The first kappa shape index (κ1) is 11.5. The number of nitrogens with zero attached hydrogens (tertiary/aromatic N) is 1. The summed E-state index contributed by atoms with van der Waals surface area (Å²) in [6.07, 6.45) is 1.84. The number of rotatable bonds is 2. The van der Waals surface area contributed by atoms with Crippen LogP contribution in [0.4, 0.5) is 5.69 Å². The van der Waals surface area contributed by atoms with E-state index in [-0.39, 0.29) is 6.04 Å². The molecule has 1 aliphatic rings. The molecule has 2 aromatic carbocycles. The number of anilines is 1. The molecule has 100 valence electrons. The monoisotopic (exact) mass is 265 g/mol. The van der Waals surface area contributed by atoms with E-state index in [1.54, 1.807) is 0 Å². The van der Waals surface area contributed by atoms with E-state index in [2.05, 4.69) is 51.9 Å². The quantitative estimate of drug-likeness (QED) is 0.747. The van der Waals surface area contributed by atoms with E-state index in [9.17, 15) is 0 Å². The highest BCUT2D eigenvalue weighted by Crippen LogP contribution is 2.28. The summed E-state index contributed by atoms with van der Waals surface area (Å²) in [5.74, 6) is 0.